The first-order valence-electron chi connectivity index (χ1n) is 9.47. The molecular formula is C22H24BrN3O2. The van der Waals surface area contributed by atoms with Crippen molar-refractivity contribution in [1.29, 1.82) is 0 Å². The molecule has 0 aliphatic rings. The number of hydrogen-bond acceptors (Lipinski definition) is 3. The summed E-state index contributed by atoms with van der Waals surface area (Å²) in [6.07, 6.45) is 2.67. The number of carbonyl (C=O) groups is 1. The molecule has 0 N–H and O–H groups in total. The molecule has 0 saturated carbocycles. The van der Waals surface area contributed by atoms with Gasteiger partial charge in [0.15, 0.2) is 0 Å². The molecule has 1 atom stereocenters. The molecule has 0 aliphatic heterocycles. The van der Waals surface area contributed by atoms with Crippen molar-refractivity contribution in [3.05, 3.63) is 75.2 Å². The Labute approximate surface area is 173 Å². The minimum absolute atomic E-state index is 0.0412. The topological polar surface area (TPSA) is 55.2 Å². The molecule has 0 spiro atoms. The molecule has 1 aromatic heterocycles. The lowest BCUT2D eigenvalue weighted by atomic mass is 10.1. The Kier molecular flexibility index (Phi) is 6.62. The van der Waals surface area contributed by atoms with Gasteiger partial charge in [0.05, 0.1) is 17.2 Å². The molecule has 0 bridgehead atoms. The molecular weight excluding hydrogens is 418 g/mol. The number of rotatable bonds is 7. The summed E-state index contributed by atoms with van der Waals surface area (Å²) in [7, 11) is 0. The van der Waals surface area contributed by atoms with Crippen molar-refractivity contribution in [2.24, 2.45) is 0 Å². The number of nitrogens with zero attached hydrogens (tertiary/aromatic N) is 3. The van der Waals surface area contributed by atoms with E-state index in [0.29, 0.717) is 24.0 Å². The summed E-state index contributed by atoms with van der Waals surface area (Å²) >= 11 is 3.39. The second-order valence-electron chi connectivity index (χ2n) is 6.92. The normalized spacial score (nSPS) is 12.1. The fourth-order valence-corrected chi connectivity index (χ4v) is 3.50. The standard InChI is InChI=1S/C22H24BrN3O2/c1-3-16(2)26(14-17-7-5-4-6-8-17)21(27)11-12-25-15-24-20-10-9-18(23)13-19(20)22(25)28/h4-10,13,15-16H,3,11-12,14H2,1-2H3/t16-/m1/s1. The molecule has 0 fully saturated rings. The Balaban J connectivity index is 1.76. The van der Waals surface area contributed by atoms with Crippen LogP contribution in [0, 0.1) is 0 Å². The summed E-state index contributed by atoms with van der Waals surface area (Å²) < 4.78 is 2.35. The van der Waals surface area contributed by atoms with Crippen molar-refractivity contribution in [1.82, 2.24) is 14.5 Å². The van der Waals surface area contributed by atoms with E-state index in [1.54, 1.807) is 12.1 Å². The molecule has 0 saturated heterocycles. The Morgan fingerprint density at radius 1 is 1.21 bits per heavy atom. The number of carbonyl (C=O) groups excluding carboxylic acids is 1. The molecule has 2 aromatic carbocycles. The molecule has 146 valence electrons. The highest BCUT2D eigenvalue weighted by Crippen LogP contribution is 2.16. The fourth-order valence-electron chi connectivity index (χ4n) is 3.14. The van der Waals surface area contributed by atoms with Crippen molar-refractivity contribution < 1.29 is 4.79 Å². The van der Waals surface area contributed by atoms with Crippen LogP contribution in [-0.4, -0.2) is 26.4 Å². The zero-order valence-electron chi connectivity index (χ0n) is 16.1. The van der Waals surface area contributed by atoms with Crippen molar-refractivity contribution in [2.45, 2.75) is 45.8 Å². The van der Waals surface area contributed by atoms with E-state index in [1.165, 1.54) is 10.9 Å². The maximum absolute atomic E-state index is 12.9. The van der Waals surface area contributed by atoms with Gasteiger partial charge in [-0.05, 0) is 37.1 Å². The van der Waals surface area contributed by atoms with E-state index in [1.807, 2.05) is 41.3 Å². The van der Waals surface area contributed by atoms with Crippen molar-refractivity contribution >= 4 is 32.7 Å². The van der Waals surface area contributed by atoms with Gasteiger partial charge >= 0.3 is 0 Å². The third-order valence-electron chi connectivity index (χ3n) is 4.99. The summed E-state index contributed by atoms with van der Waals surface area (Å²) in [6, 6.07) is 15.5. The van der Waals surface area contributed by atoms with Crippen LogP contribution < -0.4 is 5.56 Å². The van der Waals surface area contributed by atoms with Crippen LogP contribution in [0.2, 0.25) is 0 Å². The number of aryl methyl sites for hydroxylation is 1. The molecule has 1 amide bonds. The van der Waals surface area contributed by atoms with Gasteiger partial charge in [0.2, 0.25) is 5.91 Å². The maximum Gasteiger partial charge on any atom is 0.261 e. The smallest absolute Gasteiger partial charge is 0.261 e. The van der Waals surface area contributed by atoms with E-state index in [-0.39, 0.29) is 23.9 Å². The second kappa shape index (κ2) is 9.15. The van der Waals surface area contributed by atoms with Crippen LogP contribution in [0.1, 0.15) is 32.3 Å². The SMILES string of the molecule is CC[C@@H](C)N(Cc1ccccc1)C(=O)CCn1cnc2ccc(Br)cc2c1=O. The van der Waals surface area contributed by atoms with Crippen LogP contribution in [0.25, 0.3) is 10.9 Å². The first-order valence-corrected chi connectivity index (χ1v) is 10.3. The van der Waals surface area contributed by atoms with E-state index in [4.69, 9.17) is 0 Å². The minimum atomic E-state index is -0.128. The largest absolute Gasteiger partial charge is 0.336 e. The molecule has 6 heteroatoms. The van der Waals surface area contributed by atoms with Gasteiger partial charge in [0.25, 0.3) is 5.56 Å². The van der Waals surface area contributed by atoms with E-state index >= 15 is 0 Å². The second-order valence-corrected chi connectivity index (χ2v) is 7.83. The summed E-state index contributed by atoms with van der Waals surface area (Å²) in [4.78, 5) is 31.9. The number of amides is 1. The van der Waals surface area contributed by atoms with Crippen LogP contribution in [0.4, 0.5) is 0 Å². The van der Waals surface area contributed by atoms with Crippen LogP contribution >= 0.6 is 15.9 Å². The lowest BCUT2D eigenvalue weighted by Gasteiger charge is -2.29. The van der Waals surface area contributed by atoms with Gasteiger partial charge in [-0.3, -0.25) is 14.2 Å². The number of benzene rings is 2. The van der Waals surface area contributed by atoms with Gasteiger partial charge in [-0.25, -0.2) is 4.98 Å². The van der Waals surface area contributed by atoms with E-state index in [0.717, 1.165) is 16.5 Å². The highest BCUT2D eigenvalue weighted by atomic mass is 79.9. The molecule has 3 rings (SSSR count). The lowest BCUT2D eigenvalue weighted by molar-refractivity contribution is -0.134. The van der Waals surface area contributed by atoms with Crippen molar-refractivity contribution in [2.75, 3.05) is 0 Å². The van der Waals surface area contributed by atoms with E-state index < -0.39 is 0 Å². The zero-order chi connectivity index (χ0) is 20.1. The van der Waals surface area contributed by atoms with Gasteiger partial charge in [-0.2, -0.15) is 0 Å². The monoisotopic (exact) mass is 441 g/mol. The van der Waals surface area contributed by atoms with Crippen molar-refractivity contribution in [3.63, 3.8) is 0 Å². The molecule has 3 aromatic rings. The Morgan fingerprint density at radius 3 is 2.68 bits per heavy atom. The quantitative estimate of drug-likeness (QED) is 0.546. The number of hydrogen-bond donors (Lipinski definition) is 0. The third kappa shape index (κ3) is 4.68. The highest BCUT2D eigenvalue weighted by molar-refractivity contribution is 9.10. The molecule has 5 nitrogen and oxygen atoms in total. The first kappa shape index (κ1) is 20.3. The maximum atomic E-state index is 12.9. The van der Waals surface area contributed by atoms with E-state index in [2.05, 4.69) is 34.8 Å². The van der Waals surface area contributed by atoms with E-state index in [9.17, 15) is 9.59 Å². The van der Waals surface area contributed by atoms with Gasteiger partial charge in [-0.1, -0.05) is 53.2 Å². The van der Waals surface area contributed by atoms with Gasteiger partial charge in [-0.15, -0.1) is 0 Å². The fraction of sp³-hybridized carbons (Fsp3) is 0.318. The molecule has 0 unspecified atom stereocenters. The zero-order valence-corrected chi connectivity index (χ0v) is 17.7. The third-order valence-corrected chi connectivity index (χ3v) is 5.48. The number of aromatic nitrogens is 2. The molecule has 0 aliphatic carbocycles. The number of halogens is 1. The lowest BCUT2D eigenvalue weighted by Crippen LogP contribution is -2.38. The van der Waals surface area contributed by atoms with Crippen LogP contribution in [0.15, 0.2) is 64.1 Å². The summed E-state index contributed by atoms with van der Waals surface area (Å²) in [5.74, 6) is 0.0412. The minimum Gasteiger partial charge on any atom is -0.336 e. The van der Waals surface area contributed by atoms with Gasteiger partial charge < -0.3 is 4.90 Å². The number of fused-ring (bicyclic) bond motifs is 1. The first-order chi connectivity index (χ1) is 13.5. The van der Waals surface area contributed by atoms with Gasteiger partial charge in [0, 0.05) is 30.0 Å². The molecule has 28 heavy (non-hydrogen) atoms. The van der Waals surface area contributed by atoms with Crippen LogP contribution in [0.3, 0.4) is 0 Å². The van der Waals surface area contributed by atoms with Crippen LogP contribution in [0.5, 0.6) is 0 Å². The predicted molar refractivity (Wildman–Crippen MR) is 115 cm³/mol. The summed E-state index contributed by atoms with van der Waals surface area (Å²) in [5, 5.41) is 0.549. The van der Waals surface area contributed by atoms with Crippen molar-refractivity contribution in [3.8, 4) is 0 Å². The highest BCUT2D eigenvalue weighted by Gasteiger charge is 2.19. The molecule has 1 heterocycles. The summed E-state index contributed by atoms with van der Waals surface area (Å²) in [6.45, 7) is 5.02. The average molecular weight is 442 g/mol. The average Bonchev–Trinajstić information content (AvgIpc) is 2.72. The molecule has 0 radical (unpaired) electrons. The summed E-state index contributed by atoms with van der Waals surface area (Å²) in [5.41, 5.74) is 1.63. The Hall–Kier alpha value is -2.47. The van der Waals surface area contributed by atoms with Gasteiger partial charge in [0.1, 0.15) is 0 Å². The van der Waals surface area contributed by atoms with Crippen LogP contribution in [-0.2, 0) is 17.9 Å². The Morgan fingerprint density at radius 2 is 1.96 bits per heavy atom. The predicted octanol–water partition coefficient (Wildman–Crippen LogP) is 4.38. The Bertz CT molecular complexity index is 1020.